The van der Waals surface area contributed by atoms with Crippen LogP contribution in [0.25, 0.3) is 0 Å². The van der Waals surface area contributed by atoms with E-state index >= 15 is 0 Å². The van der Waals surface area contributed by atoms with Gasteiger partial charge in [-0.1, -0.05) is 11.6 Å². The minimum atomic E-state index is 0.201. The van der Waals surface area contributed by atoms with Crippen molar-refractivity contribution in [1.29, 1.82) is 0 Å². The molecule has 0 radical (unpaired) electrons. The van der Waals surface area contributed by atoms with Crippen molar-refractivity contribution in [2.75, 3.05) is 0 Å². The van der Waals surface area contributed by atoms with Crippen LogP contribution >= 0.6 is 0 Å². The fourth-order valence-electron chi connectivity index (χ4n) is 1.52. The number of Topliss-reactive ketones (excluding diaryl/α,β-unsaturated/α-hetero) is 1. The monoisotopic (exact) mass is 150 g/mol. The van der Waals surface area contributed by atoms with Gasteiger partial charge in [0.2, 0.25) is 0 Å². The molecule has 1 atom stereocenters. The Balaban J connectivity index is 2.70. The van der Waals surface area contributed by atoms with Gasteiger partial charge in [-0.2, -0.15) is 0 Å². The zero-order valence-electron chi connectivity index (χ0n) is 7.18. The second-order valence-electron chi connectivity index (χ2n) is 3.20. The van der Waals surface area contributed by atoms with Crippen LogP contribution in [0.15, 0.2) is 23.8 Å². The molecule has 0 aromatic carbocycles. The van der Waals surface area contributed by atoms with Crippen molar-refractivity contribution in [1.82, 2.24) is 0 Å². The van der Waals surface area contributed by atoms with E-state index in [0.717, 1.165) is 18.4 Å². The lowest BCUT2D eigenvalue weighted by Crippen LogP contribution is -2.07. The topological polar surface area (TPSA) is 17.1 Å². The Morgan fingerprint density at radius 1 is 1.64 bits per heavy atom. The van der Waals surface area contributed by atoms with Gasteiger partial charge in [-0.05, 0) is 32.3 Å². The van der Waals surface area contributed by atoms with Gasteiger partial charge < -0.3 is 0 Å². The Hall–Kier alpha value is -0.850. The van der Waals surface area contributed by atoms with Crippen molar-refractivity contribution >= 4 is 5.78 Å². The molecule has 0 saturated heterocycles. The molecule has 1 aliphatic rings. The van der Waals surface area contributed by atoms with Gasteiger partial charge >= 0.3 is 0 Å². The molecule has 0 amide bonds. The van der Waals surface area contributed by atoms with E-state index in [2.05, 4.69) is 6.58 Å². The lowest BCUT2D eigenvalue weighted by molar-refractivity contribution is -0.118. The van der Waals surface area contributed by atoms with Crippen LogP contribution in [0.4, 0.5) is 0 Å². The van der Waals surface area contributed by atoms with E-state index in [9.17, 15) is 4.79 Å². The van der Waals surface area contributed by atoms with Gasteiger partial charge in [0, 0.05) is 5.92 Å². The van der Waals surface area contributed by atoms with Crippen molar-refractivity contribution in [3.8, 4) is 0 Å². The summed E-state index contributed by atoms with van der Waals surface area (Å²) in [5.41, 5.74) is 2.22. The third kappa shape index (κ3) is 1.42. The summed E-state index contributed by atoms with van der Waals surface area (Å²) < 4.78 is 0. The molecule has 60 valence electrons. The predicted molar refractivity (Wildman–Crippen MR) is 46.3 cm³/mol. The Morgan fingerprint density at radius 2 is 2.27 bits per heavy atom. The summed E-state index contributed by atoms with van der Waals surface area (Å²) in [5, 5.41) is 0. The highest BCUT2D eigenvalue weighted by Gasteiger charge is 2.26. The maximum atomic E-state index is 11.4. The molecule has 0 fully saturated rings. The average molecular weight is 150 g/mol. The molecular weight excluding hydrogens is 136 g/mol. The SMILES string of the molecule is C=CCC1CC(C)=C(C)C1=O. The summed E-state index contributed by atoms with van der Waals surface area (Å²) in [5.74, 6) is 0.523. The number of allylic oxidation sites excluding steroid dienone is 3. The zero-order valence-corrected chi connectivity index (χ0v) is 7.18. The normalized spacial score (nSPS) is 24.5. The first-order chi connectivity index (χ1) is 5.16. The molecule has 0 spiro atoms. The summed E-state index contributed by atoms with van der Waals surface area (Å²) in [7, 11) is 0. The third-order valence-electron chi connectivity index (χ3n) is 2.38. The van der Waals surface area contributed by atoms with Crippen LogP contribution in [0.5, 0.6) is 0 Å². The Kier molecular flexibility index (Phi) is 2.28. The highest BCUT2D eigenvalue weighted by Crippen LogP contribution is 2.29. The number of rotatable bonds is 2. The molecule has 0 aromatic rings. The smallest absolute Gasteiger partial charge is 0.162 e. The van der Waals surface area contributed by atoms with E-state index in [0.29, 0.717) is 5.78 Å². The van der Waals surface area contributed by atoms with Gasteiger partial charge in [0.25, 0.3) is 0 Å². The molecule has 0 aliphatic heterocycles. The fraction of sp³-hybridized carbons (Fsp3) is 0.500. The van der Waals surface area contributed by atoms with Crippen LogP contribution in [-0.4, -0.2) is 5.78 Å². The maximum absolute atomic E-state index is 11.4. The van der Waals surface area contributed by atoms with E-state index in [1.54, 1.807) is 0 Å². The van der Waals surface area contributed by atoms with Gasteiger partial charge in [-0.3, -0.25) is 4.79 Å². The van der Waals surface area contributed by atoms with Crippen LogP contribution < -0.4 is 0 Å². The van der Waals surface area contributed by atoms with Crippen molar-refractivity contribution in [3.63, 3.8) is 0 Å². The predicted octanol–water partition coefficient (Wildman–Crippen LogP) is 2.49. The quantitative estimate of drug-likeness (QED) is 0.553. The highest BCUT2D eigenvalue weighted by molar-refractivity contribution is 6.00. The Labute approximate surface area is 67.8 Å². The number of ketones is 1. The highest BCUT2D eigenvalue weighted by atomic mass is 16.1. The number of hydrogen-bond acceptors (Lipinski definition) is 1. The molecule has 11 heavy (non-hydrogen) atoms. The minimum absolute atomic E-state index is 0.201. The lowest BCUT2D eigenvalue weighted by atomic mass is 10.0. The summed E-state index contributed by atoms with van der Waals surface area (Å²) in [6.45, 7) is 7.59. The van der Waals surface area contributed by atoms with Gasteiger partial charge in [0.1, 0.15) is 0 Å². The second kappa shape index (κ2) is 3.04. The van der Waals surface area contributed by atoms with Crippen LogP contribution in [0.2, 0.25) is 0 Å². The molecule has 0 saturated carbocycles. The Morgan fingerprint density at radius 3 is 2.64 bits per heavy atom. The number of carbonyl (C=O) groups is 1. The standard InChI is InChI=1S/C10H14O/c1-4-5-9-6-7(2)8(3)10(9)11/h4,9H,1,5-6H2,2-3H3. The summed E-state index contributed by atoms with van der Waals surface area (Å²) in [6.07, 6.45) is 3.60. The molecular formula is C10H14O. The number of carbonyl (C=O) groups excluding carboxylic acids is 1. The van der Waals surface area contributed by atoms with Crippen LogP contribution in [0.3, 0.4) is 0 Å². The first-order valence-electron chi connectivity index (χ1n) is 3.98. The molecule has 1 aliphatic carbocycles. The fourth-order valence-corrected chi connectivity index (χ4v) is 1.52. The van der Waals surface area contributed by atoms with Gasteiger partial charge in [-0.15, -0.1) is 6.58 Å². The largest absolute Gasteiger partial charge is 0.294 e. The molecule has 1 rings (SSSR count). The van der Waals surface area contributed by atoms with E-state index in [1.165, 1.54) is 5.57 Å². The molecule has 0 heterocycles. The average Bonchev–Trinajstić information content (AvgIpc) is 2.19. The van der Waals surface area contributed by atoms with E-state index in [4.69, 9.17) is 0 Å². The van der Waals surface area contributed by atoms with Crippen molar-refractivity contribution in [2.45, 2.75) is 26.7 Å². The van der Waals surface area contributed by atoms with Gasteiger partial charge in [0.15, 0.2) is 5.78 Å². The molecule has 0 N–H and O–H groups in total. The van der Waals surface area contributed by atoms with Crippen molar-refractivity contribution < 1.29 is 4.79 Å². The van der Waals surface area contributed by atoms with Crippen molar-refractivity contribution in [3.05, 3.63) is 23.8 Å². The summed E-state index contributed by atoms with van der Waals surface area (Å²) >= 11 is 0. The Bertz CT molecular complexity index is 223. The van der Waals surface area contributed by atoms with Crippen molar-refractivity contribution in [2.24, 2.45) is 5.92 Å². The number of hydrogen-bond donors (Lipinski definition) is 0. The summed E-state index contributed by atoms with van der Waals surface area (Å²) in [6, 6.07) is 0. The first kappa shape index (κ1) is 8.25. The molecule has 1 nitrogen and oxygen atoms in total. The minimum Gasteiger partial charge on any atom is -0.294 e. The van der Waals surface area contributed by atoms with E-state index < -0.39 is 0 Å². The van der Waals surface area contributed by atoms with Crippen LogP contribution in [0.1, 0.15) is 26.7 Å². The van der Waals surface area contributed by atoms with E-state index in [1.807, 2.05) is 19.9 Å². The molecule has 0 aromatic heterocycles. The maximum Gasteiger partial charge on any atom is 0.162 e. The van der Waals surface area contributed by atoms with E-state index in [-0.39, 0.29) is 5.92 Å². The van der Waals surface area contributed by atoms with Gasteiger partial charge in [0.05, 0.1) is 0 Å². The molecule has 1 heteroatoms. The molecule has 1 unspecified atom stereocenters. The zero-order chi connectivity index (χ0) is 8.43. The lowest BCUT2D eigenvalue weighted by Gasteiger charge is -2.02. The first-order valence-corrected chi connectivity index (χ1v) is 3.98. The summed E-state index contributed by atoms with van der Waals surface area (Å²) in [4.78, 5) is 11.4. The van der Waals surface area contributed by atoms with Crippen LogP contribution in [0, 0.1) is 5.92 Å². The second-order valence-corrected chi connectivity index (χ2v) is 3.20. The van der Waals surface area contributed by atoms with Gasteiger partial charge in [-0.25, -0.2) is 0 Å². The third-order valence-corrected chi connectivity index (χ3v) is 2.38. The molecule has 0 bridgehead atoms. The van der Waals surface area contributed by atoms with Crippen LogP contribution in [-0.2, 0) is 4.79 Å².